The first-order chi connectivity index (χ1) is 20.0. The summed E-state index contributed by atoms with van der Waals surface area (Å²) in [6.45, 7) is 12.0. The molecule has 6 aliphatic rings. The van der Waals surface area contributed by atoms with E-state index in [1.54, 1.807) is 6.92 Å². The first kappa shape index (κ1) is 31.1. The van der Waals surface area contributed by atoms with Gasteiger partial charge in [-0.05, 0) is 37.7 Å². The summed E-state index contributed by atoms with van der Waals surface area (Å²) in [5.41, 5.74) is -4.51. The van der Waals surface area contributed by atoms with Crippen molar-refractivity contribution in [2.75, 3.05) is 6.61 Å². The minimum atomic E-state index is -2.09. The average molecular weight is 591 g/mol. The van der Waals surface area contributed by atoms with Gasteiger partial charge >= 0.3 is 0 Å². The fourth-order valence-electron chi connectivity index (χ4n) is 9.99. The van der Waals surface area contributed by atoms with E-state index in [0.717, 1.165) is 24.8 Å². The second kappa shape index (κ2) is 10.9. The zero-order valence-corrected chi connectivity index (χ0v) is 26.2. The molecule has 3 aliphatic carbocycles. The van der Waals surface area contributed by atoms with E-state index in [9.17, 15) is 20.1 Å². The summed E-state index contributed by atoms with van der Waals surface area (Å²) < 4.78 is 27.0. The van der Waals surface area contributed by atoms with Crippen LogP contribution in [0.5, 0.6) is 0 Å². The molecule has 0 aromatic carbocycles. The Hall–Kier alpha value is -0.870. The SMILES string of the molecule is C=C(C)[C@]12C[C@@H](C)[C@@]34O[C@](CCCCCCCCCCCCC)(O[C@@H]1[C@@H]3[C@@H]1O[C@]1(CO)[C@@H](O)[C@]1(O)C(=O)[C@H](C)C[C@H]14)O2. The van der Waals surface area contributed by atoms with Crippen LogP contribution in [0.25, 0.3) is 0 Å². The number of aliphatic hydroxyl groups is 3. The number of epoxide rings is 1. The molecule has 0 amide bonds. The van der Waals surface area contributed by atoms with E-state index in [2.05, 4.69) is 20.4 Å². The Bertz CT molecular complexity index is 1060. The van der Waals surface area contributed by atoms with E-state index < -0.39 is 76.8 Å². The maximum atomic E-state index is 13.6. The van der Waals surface area contributed by atoms with Crippen LogP contribution in [0.15, 0.2) is 12.2 Å². The molecular formula is C34H54O8. The van der Waals surface area contributed by atoms with Crippen LogP contribution >= 0.6 is 0 Å². The van der Waals surface area contributed by atoms with Gasteiger partial charge in [0, 0.05) is 24.2 Å². The molecule has 238 valence electrons. The van der Waals surface area contributed by atoms with Crippen LogP contribution in [0.2, 0.25) is 0 Å². The molecule has 0 spiro atoms. The summed E-state index contributed by atoms with van der Waals surface area (Å²) >= 11 is 0. The van der Waals surface area contributed by atoms with E-state index in [-0.39, 0.29) is 5.92 Å². The zero-order valence-electron chi connectivity index (χ0n) is 26.2. The predicted octanol–water partition coefficient (Wildman–Crippen LogP) is 4.96. The molecule has 0 aromatic heterocycles. The van der Waals surface area contributed by atoms with Crippen LogP contribution in [-0.4, -0.2) is 74.4 Å². The second-order valence-electron chi connectivity index (χ2n) is 14.8. The van der Waals surface area contributed by atoms with Gasteiger partial charge in [0.2, 0.25) is 0 Å². The van der Waals surface area contributed by atoms with Crippen molar-refractivity contribution in [1.82, 2.24) is 0 Å². The highest BCUT2D eigenvalue weighted by Crippen LogP contribution is 2.73. The quantitative estimate of drug-likeness (QED) is 0.148. The normalized spacial score (nSPS) is 49.9. The van der Waals surface area contributed by atoms with Gasteiger partial charge in [0.1, 0.15) is 29.5 Å². The third-order valence-corrected chi connectivity index (χ3v) is 12.2. The number of aliphatic hydroxyl groups excluding tert-OH is 2. The smallest absolute Gasteiger partial charge is 0.284 e. The topological polar surface area (TPSA) is 118 Å². The number of Topliss-reactive ketones (excluding diaryl/α,β-unsaturated/α-hetero) is 1. The number of hydrogen-bond donors (Lipinski definition) is 3. The highest BCUT2D eigenvalue weighted by atomic mass is 16.9. The number of rotatable bonds is 14. The monoisotopic (exact) mass is 590 g/mol. The summed E-state index contributed by atoms with van der Waals surface area (Å²) in [5.74, 6) is -3.42. The van der Waals surface area contributed by atoms with Crippen LogP contribution in [-0.2, 0) is 23.7 Å². The first-order valence-corrected chi connectivity index (χ1v) is 17.0. The van der Waals surface area contributed by atoms with Crippen molar-refractivity contribution in [2.24, 2.45) is 23.7 Å². The van der Waals surface area contributed by atoms with Crippen LogP contribution in [0.1, 0.15) is 118 Å². The number of ether oxygens (including phenoxy) is 4. The van der Waals surface area contributed by atoms with Crippen molar-refractivity contribution in [2.45, 2.75) is 164 Å². The molecule has 0 radical (unpaired) electrons. The maximum Gasteiger partial charge on any atom is 0.284 e. The summed E-state index contributed by atoms with van der Waals surface area (Å²) in [5, 5.41) is 34.4. The Balaban J connectivity index is 1.24. The molecule has 6 fully saturated rings. The molecule has 0 unspecified atom stereocenters. The molecular weight excluding hydrogens is 536 g/mol. The molecule has 3 aliphatic heterocycles. The fourth-order valence-corrected chi connectivity index (χ4v) is 9.99. The molecule has 12 atom stereocenters. The van der Waals surface area contributed by atoms with Gasteiger partial charge in [0.05, 0.1) is 12.2 Å². The van der Waals surface area contributed by atoms with Gasteiger partial charge in [0.15, 0.2) is 11.4 Å². The first-order valence-electron chi connectivity index (χ1n) is 17.0. The molecule has 6 rings (SSSR count). The maximum absolute atomic E-state index is 13.6. The van der Waals surface area contributed by atoms with E-state index in [4.69, 9.17) is 18.9 Å². The lowest BCUT2D eigenvalue weighted by molar-refractivity contribution is -0.433. The largest absolute Gasteiger partial charge is 0.393 e. The lowest BCUT2D eigenvalue weighted by Gasteiger charge is -2.60. The summed E-state index contributed by atoms with van der Waals surface area (Å²) in [6.07, 6.45) is 12.4. The van der Waals surface area contributed by atoms with E-state index in [1.165, 1.54) is 51.4 Å². The van der Waals surface area contributed by atoms with Gasteiger partial charge in [0.25, 0.3) is 5.97 Å². The lowest BCUT2D eigenvalue weighted by Crippen LogP contribution is -2.72. The number of carbonyl (C=O) groups is 1. The highest BCUT2D eigenvalue weighted by molar-refractivity contribution is 5.93. The molecule has 3 saturated heterocycles. The zero-order chi connectivity index (χ0) is 30.1. The minimum absolute atomic E-state index is 0.140. The van der Waals surface area contributed by atoms with Gasteiger partial charge in [-0.2, -0.15) is 0 Å². The molecule has 3 saturated carbocycles. The number of carbonyl (C=O) groups excluding carboxylic acids is 1. The number of hydrogen-bond acceptors (Lipinski definition) is 8. The van der Waals surface area contributed by atoms with Crippen molar-refractivity contribution in [3.63, 3.8) is 0 Å². The Morgan fingerprint density at radius 3 is 2.17 bits per heavy atom. The Morgan fingerprint density at radius 1 is 0.952 bits per heavy atom. The van der Waals surface area contributed by atoms with Crippen LogP contribution in [0.4, 0.5) is 0 Å². The number of unbranched alkanes of at least 4 members (excludes halogenated alkanes) is 10. The molecule has 8 heteroatoms. The Labute approximate surface area is 251 Å². The summed E-state index contributed by atoms with van der Waals surface area (Å²) in [6, 6.07) is 0. The van der Waals surface area contributed by atoms with Gasteiger partial charge in [-0.1, -0.05) is 91.6 Å². The van der Waals surface area contributed by atoms with Gasteiger partial charge < -0.3 is 34.3 Å². The molecule has 8 nitrogen and oxygen atoms in total. The highest BCUT2D eigenvalue weighted by Gasteiger charge is 2.88. The van der Waals surface area contributed by atoms with Crippen LogP contribution in [0.3, 0.4) is 0 Å². The summed E-state index contributed by atoms with van der Waals surface area (Å²) in [4.78, 5) is 13.6. The van der Waals surface area contributed by atoms with Gasteiger partial charge in [-0.15, -0.1) is 0 Å². The third-order valence-electron chi connectivity index (χ3n) is 12.2. The van der Waals surface area contributed by atoms with E-state index >= 15 is 0 Å². The average Bonchev–Trinajstić information content (AvgIpc) is 3.60. The van der Waals surface area contributed by atoms with Crippen LogP contribution in [0, 0.1) is 23.7 Å². The molecule has 3 heterocycles. The van der Waals surface area contributed by atoms with Gasteiger partial charge in [-0.25, -0.2) is 0 Å². The van der Waals surface area contributed by atoms with Crippen molar-refractivity contribution in [1.29, 1.82) is 0 Å². The van der Waals surface area contributed by atoms with E-state index in [0.29, 0.717) is 19.3 Å². The number of ketones is 1. The molecule has 42 heavy (non-hydrogen) atoms. The lowest BCUT2D eigenvalue weighted by atomic mass is 9.54. The second-order valence-corrected chi connectivity index (χ2v) is 14.8. The van der Waals surface area contributed by atoms with Crippen molar-refractivity contribution < 1.29 is 39.1 Å². The fraction of sp³-hybridized carbons (Fsp3) is 0.912. The third kappa shape index (κ3) is 4.15. The molecule has 3 N–H and O–H groups in total. The van der Waals surface area contributed by atoms with Crippen LogP contribution < -0.4 is 0 Å². The van der Waals surface area contributed by atoms with Crippen molar-refractivity contribution in [3.05, 3.63) is 12.2 Å². The molecule has 3 bridgehead atoms. The van der Waals surface area contributed by atoms with E-state index in [1.807, 2.05) is 6.92 Å². The Kier molecular flexibility index (Phi) is 8.07. The van der Waals surface area contributed by atoms with Crippen molar-refractivity contribution in [3.8, 4) is 0 Å². The van der Waals surface area contributed by atoms with Crippen molar-refractivity contribution >= 4 is 5.78 Å². The minimum Gasteiger partial charge on any atom is -0.393 e. The summed E-state index contributed by atoms with van der Waals surface area (Å²) in [7, 11) is 0. The predicted molar refractivity (Wildman–Crippen MR) is 156 cm³/mol. The Morgan fingerprint density at radius 2 is 1.57 bits per heavy atom. The van der Waals surface area contributed by atoms with Gasteiger partial charge in [-0.3, -0.25) is 4.79 Å². The standard InChI is InChI=1S/C34H54O8/c1-6-7-8-9-10-11-12-13-14-15-16-17-32-40-27-25-28-31(20-35,39-28)29(37)33(38)24(18-22(4)26(33)36)34(25,42-32)23(5)19-30(27,41-32)21(2)3/h22-25,27-29,35,37-38H,2,6-20H2,1,3-5H3/t22-,23-,24-,25-,27-,28+,29-,30-,31+,32-,33-,34+/m1/s1. The number of fused-ring (bicyclic) bond motifs is 3. The molecule has 0 aromatic rings.